The van der Waals surface area contributed by atoms with Gasteiger partial charge in [-0.25, -0.2) is 4.79 Å². The molecule has 0 aliphatic carbocycles. The minimum Gasteiger partial charge on any atom is -0.444 e. The molecule has 1 amide bonds. The highest BCUT2D eigenvalue weighted by Crippen LogP contribution is 2.39. The lowest BCUT2D eigenvalue weighted by atomic mass is 10.2. The van der Waals surface area contributed by atoms with E-state index in [9.17, 15) is 4.79 Å². The lowest BCUT2D eigenvalue weighted by Crippen LogP contribution is -2.51. The molecule has 0 aromatic heterocycles. The maximum atomic E-state index is 13.0. The van der Waals surface area contributed by atoms with Crippen LogP contribution in [0.4, 0.5) is 4.79 Å². The van der Waals surface area contributed by atoms with Crippen molar-refractivity contribution in [3.05, 3.63) is 60.7 Å². The van der Waals surface area contributed by atoms with Gasteiger partial charge >= 0.3 is 6.09 Å². The Kier molecular flexibility index (Phi) is 6.12. The van der Waals surface area contributed by atoms with Gasteiger partial charge in [-0.1, -0.05) is 60.7 Å². The van der Waals surface area contributed by atoms with E-state index in [0.717, 1.165) is 6.16 Å². The molecule has 1 aliphatic heterocycles. The summed E-state index contributed by atoms with van der Waals surface area (Å²) in [5.41, 5.74) is -1.22. The Hall–Kier alpha value is -1.90. The molecule has 1 saturated heterocycles. The van der Waals surface area contributed by atoms with Crippen molar-refractivity contribution in [1.82, 2.24) is 4.90 Å². The third kappa shape index (κ3) is 4.92. The molecule has 4 nitrogen and oxygen atoms in total. The van der Waals surface area contributed by atoms with Crippen LogP contribution in [0, 0.1) is 0 Å². The molecule has 150 valence electrons. The zero-order chi connectivity index (χ0) is 20.4. The summed E-state index contributed by atoms with van der Waals surface area (Å²) in [6, 6.07) is 21.1. The standard InChI is InChI=1S/C23H30NO3P/c1-22(2,3)27-21(25)24-18(16-26-23(24,4)5)17-28(19-12-8-6-9-13-19)20-14-10-7-11-15-20/h6-15,18H,16-17H2,1-5H3/t18-/m0/s1. The Morgan fingerprint density at radius 3 is 2.04 bits per heavy atom. The summed E-state index contributed by atoms with van der Waals surface area (Å²) in [4.78, 5) is 14.8. The van der Waals surface area contributed by atoms with Crippen LogP contribution in [-0.4, -0.2) is 41.1 Å². The summed E-state index contributed by atoms with van der Waals surface area (Å²) in [5, 5.41) is 2.61. The lowest BCUT2D eigenvalue weighted by Gasteiger charge is -2.36. The Bertz CT molecular complexity index is 747. The maximum absolute atomic E-state index is 13.0. The summed E-state index contributed by atoms with van der Waals surface area (Å²) in [7, 11) is -0.617. The second-order valence-electron chi connectivity index (χ2n) is 8.54. The summed E-state index contributed by atoms with van der Waals surface area (Å²) in [6.45, 7) is 10.1. The second-order valence-corrected chi connectivity index (χ2v) is 10.8. The highest BCUT2D eigenvalue weighted by atomic mass is 31.1. The van der Waals surface area contributed by atoms with Crippen LogP contribution in [-0.2, 0) is 9.47 Å². The number of hydrogen-bond acceptors (Lipinski definition) is 3. The molecule has 0 bridgehead atoms. The van der Waals surface area contributed by atoms with E-state index in [1.807, 2.05) is 46.8 Å². The molecule has 0 spiro atoms. The number of carbonyl (C=O) groups excluding carboxylic acids is 1. The Balaban J connectivity index is 1.90. The number of ether oxygens (including phenoxy) is 2. The third-order valence-corrected chi connectivity index (χ3v) is 7.32. The van der Waals surface area contributed by atoms with Gasteiger partial charge in [0, 0.05) is 0 Å². The first-order chi connectivity index (χ1) is 13.2. The van der Waals surface area contributed by atoms with Crippen molar-refractivity contribution in [3.8, 4) is 0 Å². The van der Waals surface area contributed by atoms with E-state index >= 15 is 0 Å². The van der Waals surface area contributed by atoms with Crippen molar-refractivity contribution in [2.24, 2.45) is 0 Å². The summed E-state index contributed by atoms with van der Waals surface area (Å²) in [6.07, 6.45) is 0.530. The predicted molar refractivity (Wildman–Crippen MR) is 116 cm³/mol. The van der Waals surface area contributed by atoms with Gasteiger partial charge in [0.25, 0.3) is 0 Å². The number of amides is 1. The highest BCUT2D eigenvalue weighted by molar-refractivity contribution is 7.73. The van der Waals surface area contributed by atoms with Crippen LogP contribution in [0.5, 0.6) is 0 Å². The van der Waals surface area contributed by atoms with Crippen molar-refractivity contribution >= 4 is 24.6 Å². The van der Waals surface area contributed by atoms with E-state index in [1.54, 1.807) is 4.90 Å². The van der Waals surface area contributed by atoms with Gasteiger partial charge in [-0.2, -0.15) is 0 Å². The molecular formula is C23H30NO3P. The SMILES string of the molecule is CC(C)(C)OC(=O)N1[C@H](CP(c2ccccc2)c2ccccc2)COC1(C)C. The molecular weight excluding hydrogens is 369 g/mol. The molecule has 3 rings (SSSR count). The van der Waals surface area contributed by atoms with E-state index in [0.29, 0.717) is 6.61 Å². The monoisotopic (exact) mass is 399 g/mol. The number of nitrogens with zero attached hydrogens (tertiary/aromatic N) is 1. The largest absolute Gasteiger partial charge is 0.444 e. The van der Waals surface area contributed by atoms with Crippen LogP contribution < -0.4 is 10.6 Å². The summed E-state index contributed by atoms with van der Waals surface area (Å²) in [5.74, 6) is 0. The minimum absolute atomic E-state index is 0.0311. The molecule has 2 aromatic rings. The quantitative estimate of drug-likeness (QED) is 0.711. The summed E-state index contributed by atoms with van der Waals surface area (Å²) >= 11 is 0. The molecule has 5 heteroatoms. The van der Waals surface area contributed by atoms with Gasteiger partial charge in [0.15, 0.2) is 0 Å². The molecule has 1 atom stereocenters. The average molecular weight is 399 g/mol. The van der Waals surface area contributed by atoms with Crippen molar-refractivity contribution in [2.75, 3.05) is 12.8 Å². The highest BCUT2D eigenvalue weighted by Gasteiger charge is 2.46. The van der Waals surface area contributed by atoms with Gasteiger partial charge in [-0.3, -0.25) is 4.90 Å². The van der Waals surface area contributed by atoms with Crippen molar-refractivity contribution in [1.29, 1.82) is 0 Å². The molecule has 28 heavy (non-hydrogen) atoms. The average Bonchev–Trinajstić information content (AvgIpc) is 2.94. The van der Waals surface area contributed by atoms with Gasteiger partial charge in [-0.15, -0.1) is 0 Å². The Morgan fingerprint density at radius 2 is 1.57 bits per heavy atom. The first kappa shape index (κ1) is 20.8. The lowest BCUT2D eigenvalue weighted by molar-refractivity contribution is -0.0617. The van der Waals surface area contributed by atoms with Crippen molar-refractivity contribution in [2.45, 2.75) is 52.0 Å². The van der Waals surface area contributed by atoms with Crippen LogP contribution in [0.25, 0.3) is 0 Å². The molecule has 1 fully saturated rings. The molecule has 0 saturated carbocycles. The molecule has 1 heterocycles. The summed E-state index contributed by atoms with van der Waals surface area (Å²) < 4.78 is 11.7. The first-order valence-electron chi connectivity index (χ1n) is 9.71. The zero-order valence-corrected chi connectivity index (χ0v) is 18.3. The topological polar surface area (TPSA) is 38.8 Å². The Labute approximate surface area is 169 Å². The predicted octanol–water partition coefficient (Wildman–Crippen LogP) is 4.49. The normalized spacial score (nSPS) is 19.1. The van der Waals surface area contributed by atoms with Crippen molar-refractivity contribution < 1.29 is 14.3 Å². The second kappa shape index (κ2) is 8.23. The maximum Gasteiger partial charge on any atom is 0.412 e. The zero-order valence-electron chi connectivity index (χ0n) is 17.4. The first-order valence-corrected chi connectivity index (χ1v) is 11.2. The van der Waals surface area contributed by atoms with Gasteiger partial charge in [-0.05, 0) is 59.3 Å². The van der Waals surface area contributed by atoms with E-state index in [1.165, 1.54) is 10.6 Å². The third-order valence-electron chi connectivity index (χ3n) is 4.69. The Morgan fingerprint density at radius 1 is 1.07 bits per heavy atom. The van der Waals surface area contributed by atoms with E-state index in [4.69, 9.17) is 9.47 Å². The molecule has 0 radical (unpaired) electrons. The number of benzene rings is 2. The molecule has 0 unspecified atom stereocenters. The van der Waals surface area contributed by atoms with E-state index in [2.05, 4.69) is 48.5 Å². The fourth-order valence-corrected chi connectivity index (χ4v) is 5.96. The molecule has 0 N–H and O–H groups in total. The van der Waals surface area contributed by atoms with Crippen molar-refractivity contribution in [3.63, 3.8) is 0 Å². The molecule has 1 aliphatic rings. The van der Waals surface area contributed by atoms with Gasteiger partial charge in [0.1, 0.15) is 11.3 Å². The fraction of sp³-hybridized carbons (Fsp3) is 0.435. The number of carbonyl (C=O) groups is 1. The molecule has 2 aromatic carbocycles. The van der Waals surface area contributed by atoms with E-state index < -0.39 is 19.2 Å². The van der Waals surface area contributed by atoms with Crippen LogP contribution in [0.1, 0.15) is 34.6 Å². The van der Waals surface area contributed by atoms with Gasteiger partial charge in [0.2, 0.25) is 0 Å². The van der Waals surface area contributed by atoms with Crippen LogP contribution in [0.2, 0.25) is 0 Å². The van der Waals surface area contributed by atoms with Gasteiger partial charge < -0.3 is 9.47 Å². The smallest absolute Gasteiger partial charge is 0.412 e. The number of hydrogen-bond donors (Lipinski definition) is 0. The number of rotatable bonds is 4. The van der Waals surface area contributed by atoms with Gasteiger partial charge in [0.05, 0.1) is 12.6 Å². The minimum atomic E-state index is -0.679. The van der Waals surface area contributed by atoms with Crippen LogP contribution >= 0.6 is 7.92 Å². The van der Waals surface area contributed by atoms with E-state index in [-0.39, 0.29) is 12.1 Å². The van der Waals surface area contributed by atoms with Crippen LogP contribution in [0.15, 0.2) is 60.7 Å². The fourth-order valence-electron chi connectivity index (χ4n) is 3.48. The van der Waals surface area contributed by atoms with Crippen LogP contribution in [0.3, 0.4) is 0 Å².